The summed E-state index contributed by atoms with van der Waals surface area (Å²) < 4.78 is 19.3. The molecule has 1 N–H and O–H groups in total. The van der Waals surface area contributed by atoms with Gasteiger partial charge in [0, 0.05) is 10.6 Å². The van der Waals surface area contributed by atoms with Crippen LogP contribution in [-0.4, -0.2) is 23.4 Å². The molecular formula is C23H18BrFO3S. The van der Waals surface area contributed by atoms with Gasteiger partial charge >= 0.3 is 5.97 Å². The Morgan fingerprint density at radius 2 is 1.72 bits per heavy atom. The molecule has 0 saturated heterocycles. The zero-order chi connectivity index (χ0) is 20.6. The third-order valence-corrected chi connectivity index (χ3v) is 5.57. The molecule has 0 heterocycles. The van der Waals surface area contributed by atoms with Crippen molar-refractivity contribution in [1.82, 2.24) is 0 Å². The Bertz CT molecular complexity index is 1000. The smallest absolute Gasteiger partial charge is 0.341 e. The fourth-order valence-electron chi connectivity index (χ4n) is 2.70. The van der Waals surface area contributed by atoms with Crippen LogP contribution in [0.15, 0.2) is 88.2 Å². The molecule has 0 radical (unpaired) electrons. The molecule has 3 aromatic carbocycles. The molecule has 148 valence electrons. The van der Waals surface area contributed by atoms with Crippen molar-refractivity contribution in [1.29, 1.82) is 0 Å². The highest BCUT2D eigenvalue weighted by Gasteiger charge is 2.07. The number of aliphatic carboxylic acids is 1. The summed E-state index contributed by atoms with van der Waals surface area (Å²) in [5.74, 6) is -0.0764. The van der Waals surface area contributed by atoms with E-state index in [2.05, 4.69) is 22.0 Å². The van der Waals surface area contributed by atoms with E-state index in [1.165, 1.54) is 12.1 Å². The summed E-state index contributed by atoms with van der Waals surface area (Å²) in [5, 5.41) is 8.72. The van der Waals surface area contributed by atoms with Crippen molar-refractivity contribution < 1.29 is 19.0 Å². The highest BCUT2D eigenvalue weighted by Crippen LogP contribution is 2.31. The third kappa shape index (κ3) is 6.21. The van der Waals surface area contributed by atoms with Crippen LogP contribution in [0.2, 0.25) is 0 Å². The molecule has 0 spiro atoms. The predicted octanol–water partition coefficient (Wildman–Crippen LogP) is 6.28. The first-order chi connectivity index (χ1) is 14.0. The van der Waals surface area contributed by atoms with E-state index in [-0.39, 0.29) is 12.4 Å². The quantitative estimate of drug-likeness (QED) is 0.392. The van der Waals surface area contributed by atoms with Gasteiger partial charge in [0.2, 0.25) is 0 Å². The van der Waals surface area contributed by atoms with Crippen molar-refractivity contribution in [3.05, 3.63) is 100 Å². The van der Waals surface area contributed by atoms with Gasteiger partial charge in [0.15, 0.2) is 6.61 Å². The van der Waals surface area contributed by atoms with Crippen LogP contribution in [0.3, 0.4) is 0 Å². The van der Waals surface area contributed by atoms with Gasteiger partial charge in [-0.15, -0.1) is 11.8 Å². The lowest BCUT2D eigenvalue weighted by atomic mass is 9.98. The molecular weight excluding hydrogens is 455 g/mol. The number of carbonyl (C=O) groups is 1. The van der Waals surface area contributed by atoms with E-state index in [1.807, 2.05) is 42.5 Å². The molecule has 0 aliphatic heterocycles. The number of carboxylic acid groups (broad SMARTS) is 1. The van der Waals surface area contributed by atoms with Crippen LogP contribution in [0.4, 0.5) is 4.39 Å². The maximum atomic E-state index is 13.3. The van der Waals surface area contributed by atoms with E-state index in [0.717, 1.165) is 21.6 Å². The minimum Gasteiger partial charge on any atom is -0.481 e. The van der Waals surface area contributed by atoms with Gasteiger partial charge in [-0.1, -0.05) is 48.5 Å². The molecule has 0 aliphatic rings. The Kier molecular flexibility index (Phi) is 7.49. The molecule has 0 fully saturated rings. The van der Waals surface area contributed by atoms with Crippen molar-refractivity contribution in [2.24, 2.45) is 0 Å². The molecule has 3 rings (SSSR count). The number of benzene rings is 3. The Morgan fingerprint density at radius 1 is 1.03 bits per heavy atom. The minimum absolute atomic E-state index is 0.259. The first-order valence-corrected chi connectivity index (χ1v) is 10.6. The second-order valence-corrected chi connectivity index (χ2v) is 8.02. The average molecular weight is 473 g/mol. The van der Waals surface area contributed by atoms with Gasteiger partial charge in [-0.25, -0.2) is 9.18 Å². The Morgan fingerprint density at radius 3 is 2.38 bits per heavy atom. The number of hydrogen-bond acceptors (Lipinski definition) is 3. The minimum atomic E-state index is -1.02. The summed E-state index contributed by atoms with van der Waals surface area (Å²) in [6, 6.07) is 22.0. The van der Waals surface area contributed by atoms with E-state index in [9.17, 15) is 9.18 Å². The number of hydrogen-bond donors (Lipinski definition) is 1. The van der Waals surface area contributed by atoms with Gasteiger partial charge in [0.1, 0.15) is 11.6 Å². The summed E-state index contributed by atoms with van der Waals surface area (Å²) in [6.45, 7) is -0.383. The summed E-state index contributed by atoms with van der Waals surface area (Å²) in [7, 11) is 0. The van der Waals surface area contributed by atoms with Crippen molar-refractivity contribution in [3.8, 4) is 5.75 Å². The molecule has 29 heavy (non-hydrogen) atoms. The number of carboxylic acids is 1. The topological polar surface area (TPSA) is 46.5 Å². The molecule has 0 aliphatic carbocycles. The van der Waals surface area contributed by atoms with Crippen LogP contribution < -0.4 is 4.74 Å². The lowest BCUT2D eigenvalue weighted by molar-refractivity contribution is -0.139. The molecule has 0 amide bonds. The molecule has 0 saturated carbocycles. The van der Waals surface area contributed by atoms with Crippen molar-refractivity contribution in [2.75, 3.05) is 12.4 Å². The van der Waals surface area contributed by atoms with Crippen LogP contribution in [-0.2, 0) is 4.79 Å². The fourth-order valence-corrected chi connectivity index (χ4v) is 4.15. The summed E-state index contributed by atoms with van der Waals surface area (Å²) in [5.41, 5.74) is 3.06. The van der Waals surface area contributed by atoms with Gasteiger partial charge in [-0.2, -0.15) is 0 Å². The summed E-state index contributed by atoms with van der Waals surface area (Å²) in [4.78, 5) is 11.7. The Labute approximate surface area is 181 Å². The van der Waals surface area contributed by atoms with E-state index >= 15 is 0 Å². The molecule has 6 heteroatoms. The van der Waals surface area contributed by atoms with E-state index in [1.54, 1.807) is 30.0 Å². The van der Waals surface area contributed by atoms with Crippen LogP contribution >= 0.6 is 27.7 Å². The lowest BCUT2D eigenvalue weighted by Gasteiger charge is -2.10. The van der Waals surface area contributed by atoms with E-state index < -0.39 is 5.97 Å². The third-order valence-electron chi connectivity index (χ3n) is 4.03. The summed E-state index contributed by atoms with van der Waals surface area (Å²) >= 11 is 5.05. The van der Waals surface area contributed by atoms with Crippen LogP contribution in [0.5, 0.6) is 5.75 Å². The van der Waals surface area contributed by atoms with Crippen molar-refractivity contribution >= 4 is 39.2 Å². The van der Waals surface area contributed by atoms with Crippen molar-refractivity contribution in [3.63, 3.8) is 0 Å². The molecule has 0 bridgehead atoms. The maximum absolute atomic E-state index is 13.3. The van der Waals surface area contributed by atoms with Crippen molar-refractivity contribution in [2.45, 2.75) is 4.90 Å². The molecule has 3 aromatic rings. The number of thioether (sulfide) groups is 1. The fraction of sp³-hybridized carbons (Fsp3) is 0.0870. The average Bonchev–Trinajstić information content (AvgIpc) is 2.72. The second kappa shape index (κ2) is 10.3. The Hall–Kier alpha value is -2.57. The second-order valence-electron chi connectivity index (χ2n) is 6.08. The van der Waals surface area contributed by atoms with Gasteiger partial charge < -0.3 is 9.84 Å². The highest BCUT2D eigenvalue weighted by molar-refractivity contribution is 9.10. The van der Waals surface area contributed by atoms with E-state index in [0.29, 0.717) is 16.0 Å². The standard InChI is InChI=1S/C23H18BrFO3S/c24-21-14-19(10-11-22(21)28-15-23(26)27)29-13-12-20(16-4-2-1-3-5-16)17-6-8-18(25)9-7-17/h1-12,14H,13,15H2,(H,26,27)/b20-12-. The molecule has 0 atom stereocenters. The van der Waals surface area contributed by atoms with Crippen LogP contribution in [0.1, 0.15) is 11.1 Å². The number of halogens is 2. The maximum Gasteiger partial charge on any atom is 0.341 e. The molecule has 0 unspecified atom stereocenters. The van der Waals surface area contributed by atoms with Gasteiger partial charge in [-0.3, -0.25) is 0 Å². The van der Waals surface area contributed by atoms with Crippen LogP contribution in [0, 0.1) is 5.82 Å². The zero-order valence-corrected chi connectivity index (χ0v) is 17.8. The SMILES string of the molecule is O=C(O)COc1ccc(SC/C=C(/c2ccccc2)c2ccc(F)cc2)cc1Br. The molecule has 0 aromatic heterocycles. The van der Waals surface area contributed by atoms with Gasteiger partial charge in [0.25, 0.3) is 0 Å². The monoisotopic (exact) mass is 472 g/mol. The predicted molar refractivity (Wildman–Crippen MR) is 118 cm³/mol. The Balaban J connectivity index is 1.75. The first-order valence-electron chi connectivity index (χ1n) is 8.81. The first kappa shape index (κ1) is 21.1. The van der Waals surface area contributed by atoms with E-state index in [4.69, 9.17) is 9.84 Å². The molecule has 3 nitrogen and oxygen atoms in total. The van der Waals surface area contributed by atoms with Crippen LogP contribution in [0.25, 0.3) is 5.57 Å². The normalized spacial score (nSPS) is 11.3. The number of ether oxygens (including phenoxy) is 1. The summed E-state index contributed by atoms with van der Waals surface area (Å²) in [6.07, 6.45) is 2.12. The number of rotatable bonds is 8. The lowest BCUT2D eigenvalue weighted by Crippen LogP contribution is -2.09. The van der Waals surface area contributed by atoms with Gasteiger partial charge in [0.05, 0.1) is 4.47 Å². The van der Waals surface area contributed by atoms with Gasteiger partial charge in [-0.05, 0) is 63.0 Å². The zero-order valence-electron chi connectivity index (χ0n) is 15.3. The largest absolute Gasteiger partial charge is 0.481 e. The highest BCUT2D eigenvalue weighted by atomic mass is 79.9.